The highest BCUT2D eigenvalue weighted by atomic mass is 35.5. The Balaban J connectivity index is 2.26. The number of rotatable bonds is 4. The molecular formula is C16H14Cl2N4O2. The van der Waals surface area contributed by atoms with E-state index in [1.807, 2.05) is 0 Å². The maximum atomic E-state index is 11.8. The Morgan fingerprint density at radius 3 is 2.83 bits per heavy atom. The molecular weight excluding hydrogens is 351 g/mol. The summed E-state index contributed by atoms with van der Waals surface area (Å²) >= 11 is 12.1. The van der Waals surface area contributed by atoms with Crippen LogP contribution in [0, 0.1) is 0 Å². The van der Waals surface area contributed by atoms with Crippen molar-refractivity contribution in [3.63, 3.8) is 0 Å². The number of nitrogens with zero attached hydrogens (tertiary/aromatic N) is 3. The molecule has 1 amide bonds. The molecule has 2 heterocycles. The molecule has 1 aromatic carbocycles. The first-order valence-electron chi connectivity index (χ1n) is 7.21. The molecule has 8 heteroatoms. The van der Waals surface area contributed by atoms with Crippen molar-refractivity contribution < 1.29 is 9.53 Å². The number of nitrogens with one attached hydrogen (secondary N) is 1. The molecule has 3 aromatic rings. The van der Waals surface area contributed by atoms with Crippen LogP contribution < -0.4 is 10.1 Å². The number of carbonyl (C=O) groups excluding carboxylic acids is 1. The Morgan fingerprint density at radius 1 is 1.33 bits per heavy atom. The molecule has 0 aliphatic carbocycles. The van der Waals surface area contributed by atoms with Crippen LogP contribution in [0.25, 0.3) is 16.6 Å². The van der Waals surface area contributed by atoms with Gasteiger partial charge in [0.15, 0.2) is 5.82 Å². The number of anilines is 1. The Labute approximate surface area is 148 Å². The highest BCUT2D eigenvalue weighted by Gasteiger charge is 2.17. The summed E-state index contributed by atoms with van der Waals surface area (Å²) < 4.78 is 7.01. The van der Waals surface area contributed by atoms with E-state index in [9.17, 15) is 4.79 Å². The molecule has 0 bridgehead atoms. The maximum absolute atomic E-state index is 11.8. The van der Waals surface area contributed by atoms with Crippen LogP contribution in [0.1, 0.15) is 13.3 Å². The number of hydrogen-bond acceptors (Lipinski definition) is 4. The molecule has 0 saturated heterocycles. The number of pyridine rings is 1. The summed E-state index contributed by atoms with van der Waals surface area (Å²) in [5.41, 5.74) is 1.32. The van der Waals surface area contributed by atoms with Crippen LogP contribution in [0.2, 0.25) is 10.2 Å². The number of benzene rings is 1. The Bertz CT molecular complexity index is 924. The number of amides is 1. The molecule has 3 rings (SSSR count). The van der Waals surface area contributed by atoms with Gasteiger partial charge in [0, 0.05) is 23.7 Å². The average Bonchev–Trinajstić information content (AvgIpc) is 2.92. The zero-order valence-electron chi connectivity index (χ0n) is 13.0. The van der Waals surface area contributed by atoms with Gasteiger partial charge >= 0.3 is 0 Å². The predicted molar refractivity (Wildman–Crippen MR) is 94.4 cm³/mol. The fourth-order valence-corrected chi connectivity index (χ4v) is 2.63. The maximum Gasteiger partial charge on any atom is 0.225 e. The second-order valence-electron chi connectivity index (χ2n) is 5.00. The van der Waals surface area contributed by atoms with Crippen LogP contribution in [0.15, 0.2) is 30.5 Å². The lowest BCUT2D eigenvalue weighted by molar-refractivity contribution is -0.115. The standard InChI is InChI=1S/C16H14Cl2N4O2/c1-3-15(23)20-16-10-8-19-14(18)7-11(10)22(21-16)12-6-9(17)4-5-13(12)24-2/h4-8H,3H2,1-2H3,(H,20,21,23). The Kier molecular flexibility index (Phi) is 4.59. The van der Waals surface area contributed by atoms with Crippen molar-refractivity contribution in [3.8, 4) is 11.4 Å². The van der Waals surface area contributed by atoms with Gasteiger partial charge in [-0.3, -0.25) is 4.79 Å². The molecule has 0 aliphatic rings. The lowest BCUT2D eigenvalue weighted by Crippen LogP contribution is -2.10. The van der Waals surface area contributed by atoms with Crippen LogP contribution >= 0.6 is 23.2 Å². The zero-order valence-corrected chi connectivity index (χ0v) is 14.5. The van der Waals surface area contributed by atoms with Crippen molar-refractivity contribution in [3.05, 3.63) is 40.6 Å². The van der Waals surface area contributed by atoms with Gasteiger partial charge in [-0.2, -0.15) is 0 Å². The molecule has 0 atom stereocenters. The van der Waals surface area contributed by atoms with Gasteiger partial charge in [0.25, 0.3) is 0 Å². The minimum Gasteiger partial charge on any atom is -0.494 e. The number of ether oxygens (including phenoxy) is 1. The van der Waals surface area contributed by atoms with E-state index in [0.29, 0.717) is 44.8 Å². The third kappa shape index (κ3) is 3.02. The van der Waals surface area contributed by atoms with E-state index in [1.165, 1.54) is 0 Å². The summed E-state index contributed by atoms with van der Waals surface area (Å²) in [5, 5.41) is 8.78. The number of aromatic nitrogens is 3. The molecule has 0 unspecified atom stereocenters. The summed E-state index contributed by atoms with van der Waals surface area (Å²) in [4.78, 5) is 15.8. The Hall–Kier alpha value is -2.31. The van der Waals surface area contributed by atoms with Crippen LogP contribution in [-0.2, 0) is 4.79 Å². The van der Waals surface area contributed by atoms with E-state index >= 15 is 0 Å². The van der Waals surface area contributed by atoms with Gasteiger partial charge in [0.2, 0.25) is 5.91 Å². The molecule has 2 aromatic heterocycles. The lowest BCUT2D eigenvalue weighted by atomic mass is 10.2. The minimum absolute atomic E-state index is 0.144. The molecule has 0 fully saturated rings. The van der Waals surface area contributed by atoms with Gasteiger partial charge in [-0.25, -0.2) is 9.67 Å². The molecule has 6 nitrogen and oxygen atoms in total. The Morgan fingerprint density at radius 2 is 2.12 bits per heavy atom. The molecule has 0 radical (unpaired) electrons. The quantitative estimate of drug-likeness (QED) is 0.708. The second kappa shape index (κ2) is 6.67. The van der Waals surface area contributed by atoms with Crippen LogP contribution in [0.5, 0.6) is 5.75 Å². The molecule has 0 aliphatic heterocycles. The van der Waals surface area contributed by atoms with Gasteiger partial charge < -0.3 is 10.1 Å². The molecule has 0 saturated carbocycles. The van der Waals surface area contributed by atoms with Gasteiger partial charge in [0.1, 0.15) is 16.6 Å². The zero-order chi connectivity index (χ0) is 17.3. The first-order valence-corrected chi connectivity index (χ1v) is 7.97. The van der Waals surface area contributed by atoms with Crippen molar-refractivity contribution in [2.24, 2.45) is 0 Å². The van der Waals surface area contributed by atoms with E-state index in [1.54, 1.807) is 49.2 Å². The van der Waals surface area contributed by atoms with Crippen molar-refractivity contribution in [1.82, 2.24) is 14.8 Å². The average molecular weight is 365 g/mol. The van der Waals surface area contributed by atoms with Crippen molar-refractivity contribution in [1.29, 1.82) is 0 Å². The molecule has 124 valence electrons. The lowest BCUT2D eigenvalue weighted by Gasteiger charge is -2.10. The van der Waals surface area contributed by atoms with Crippen molar-refractivity contribution >= 4 is 45.8 Å². The summed E-state index contributed by atoms with van der Waals surface area (Å²) in [6.07, 6.45) is 1.92. The van der Waals surface area contributed by atoms with Gasteiger partial charge in [0.05, 0.1) is 18.0 Å². The van der Waals surface area contributed by atoms with Gasteiger partial charge in [-0.05, 0) is 18.2 Å². The third-order valence-electron chi connectivity index (χ3n) is 3.48. The first-order chi connectivity index (χ1) is 11.5. The van der Waals surface area contributed by atoms with Crippen LogP contribution in [0.4, 0.5) is 5.82 Å². The molecule has 24 heavy (non-hydrogen) atoms. The van der Waals surface area contributed by atoms with Gasteiger partial charge in [-0.15, -0.1) is 5.10 Å². The SMILES string of the molecule is CCC(=O)Nc1nn(-c2cc(Cl)ccc2OC)c2cc(Cl)ncc12. The van der Waals surface area contributed by atoms with E-state index in [2.05, 4.69) is 15.4 Å². The molecule has 0 spiro atoms. The van der Waals surface area contributed by atoms with Crippen molar-refractivity contribution in [2.45, 2.75) is 13.3 Å². The van der Waals surface area contributed by atoms with E-state index in [-0.39, 0.29) is 5.91 Å². The minimum atomic E-state index is -0.144. The number of methoxy groups -OCH3 is 1. The first kappa shape index (κ1) is 16.5. The summed E-state index contributed by atoms with van der Waals surface area (Å²) in [6.45, 7) is 1.77. The molecule has 1 N–H and O–H groups in total. The monoisotopic (exact) mass is 364 g/mol. The van der Waals surface area contributed by atoms with E-state index in [0.717, 1.165) is 0 Å². The number of hydrogen-bond donors (Lipinski definition) is 1. The topological polar surface area (TPSA) is 69.0 Å². The van der Waals surface area contributed by atoms with Crippen LogP contribution in [0.3, 0.4) is 0 Å². The number of fused-ring (bicyclic) bond motifs is 1. The number of carbonyl (C=O) groups is 1. The fraction of sp³-hybridized carbons (Fsp3) is 0.188. The summed E-state index contributed by atoms with van der Waals surface area (Å²) in [6, 6.07) is 6.88. The van der Waals surface area contributed by atoms with Crippen molar-refractivity contribution in [2.75, 3.05) is 12.4 Å². The second-order valence-corrected chi connectivity index (χ2v) is 5.83. The third-order valence-corrected chi connectivity index (χ3v) is 3.92. The smallest absolute Gasteiger partial charge is 0.225 e. The normalized spacial score (nSPS) is 10.8. The van der Waals surface area contributed by atoms with E-state index < -0.39 is 0 Å². The van der Waals surface area contributed by atoms with Crippen LogP contribution in [-0.4, -0.2) is 27.8 Å². The van der Waals surface area contributed by atoms with Gasteiger partial charge in [-0.1, -0.05) is 30.1 Å². The van der Waals surface area contributed by atoms with E-state index in [4.69, 9.17) is 27.9 Å². The predicted octanol–water partition coefficient (Wildman–Crippen LogP) is 4.08. The highest BCUT2D eigenvalue weighted by molar-refractivity contribution is 6.31. The largest absolute Gasteiger partial charge is 0.494 e. The fourth-order valence-electron chi connectivity index (χ4n) is 2.31. The highest BCUT2D eigenvalue weighted by Crippen LogP contribution is 2.32. The number of halogens is 2. The summed E-state index contributed by atoms with van der Waals surface area (Å²) in [5.74, 6) is 0.850. The summed E-state index contributed by atoms with van der Waals surface area (Å²) in [7, 11) is 1.56.